The summed E-state index contributed by atoms with van der Waals surface area (Å²) >= 11 is 0. The van der Waals surface area contributed by atoms with E-state index in [4.69, 9.17) is 10.5 Å². The minimum absolute atomic E-state index is 0.222. The highest BCUT2D eigenvalue weighted by Crippen LogP contribution is 2.19. The second kappa shape index (κ2) is 5.10. The van der Waals surface area contributed by atoms with E-state index >= 15 is 0 Å². The predicted molar refractivity (Wildman–Crippen MR) is 67.5 cm³/mol. The molecule has 0 fully saturated rings. The highest BCUT2D eigenvalue weighted by Gasteiger charge is 2.16. The summed E-state index contributed by atoms with van der Waals surface area (Å²) < 4.78 is 5.74. The molecule has 3 heteroatoms. The molecule has 0 aromatic heterocycles. The summed E-state index contributed by atoms with van der Waals surface area (Å²) in [5.74, 6) is 0.717. The van der Waals surface area contributed by atoms with Gasteiger partial charge in [0, 0.05) is 6.20 Å². The molecule has 1 atom stereocenters. The molecule has 90 valence electrons. The third kappa shape index (κ3) is 3.65. The zero-order valence-corrected chi connectivity index (χ0v) is 10.6. The number of hydrogen-bond donors (Lipinski definition) is 2. The molecule has 1 aliphatic rings. The van der Waals surface area contributed by atoms with Crippen LogP contribution in [-0.4, -0.2) is 11.6 Å². The summed E-state index contributed by atoms with van der Waals surface area (Å²) in [6, 6.07) is 0.374. The Bertz CT molecular complexity index is 321. The fourth-order valence-corrected chi connectivity index (χ4v) is 1.60. The van der Waals surface area contributed by atoms with Crippen molar-refractivity contribution in [1.82, 2.24) is 5.32 Å². The van der Waals surface area contributed by atoms with Gasteiger partial charge >= 0.3 is 0 Å². The van der Waals surface area contributed by atoms with Gasteiger partial charge in [0.1, 0.15) is 11.4 Å². The second-order valence-corrected chi connectivity index (χ2v) is 4.89. The third-order valence-corrected chi connectivity index (χ3v) is 2.28. The molecule has 0 spiro atoms. The van der Waals surface area contributed by atoms with E-state index in [0.29, 0.717) is 11.8 Å². The van der Waals surface area contributed by atoms with Crippen LogP contribution in [0, 0.1) is 0 Å². The number of rotatable bonds is 3. The molecule has 16 heavy (non-hydrogen) atoms. The lowest BCUT2D eigenvalue weighted by Gasteiger charge is -2.22. The summed E-state index contributed by atoms with van der Waals surface area (Å²) in [4.78, 5) is 0. The Morgan fingerprint density at radius 1 is 1.56 bits per heavy atom. The molecule has 0 saturated carbocycles. The Kier molecular flexibility index (Phi) is 4.05. The van der Waals surface area contributed by atoms with Crippen molar-refractivity contribution in [2.24, 2.45) is 5.73 Å². The first-order valence-corrected chi connectivity index (χ1v) is 5.71. The van der Waals surface area contributed by atoms with Gasteiger partial charge in [0.15, 0.2) is 0 Å². The molecular weight excluding hydrogens is 200 g/mol. The molecule has 0 saturated heterocycles. The standard InChI is InChI=1S/C13H22N2O/c1-5-12-10(6-7-15-12)8-11(9-14)16-13(2,3)4/h6-9,12,15H,5,14H2,1-4H3/b10-8-,11-9+. The highest BCUT2D eigenvalue weighted by atomic mass is 16.5. The zero-order valence-electron chi connectivity index (χ0n) is 10.6. The topological polar surface area (TPSA) is 47.3 Å². The van der Waals surface area contributed by atoms with Crippen LogP contribution in [-0.2, 0) is 4.74 Å². The first-order chi connectivity index (χ1) is 7.46. The van der Waals surface area contributed by atoms with Gasteiger partial charge in [0.2, 0.25) is 0 Å². The van der Waals surface area contributed by atoms with Crippen molar-refractivity contribution in [2.75, 3.05) is 0 Å². The van der Waals surface area contributed by atoms with Gasteiger partial charge in [-0.2, -0.15) is 0 Å². The average Bonchev–Trinajstić information content (AvgIpc) is 2.62. The number of hydrogen-bond acceptors (Lipinski definition) is 3. The second-order valence-electron chi connectivity index (χ2n) is 4.89. The summed E-state index contributed by atoms with van der Waals surface area (Å²) in [5.41, 5.74) is 6.56. The first-order valence-electron chi connectivity index (χ1n) is 5.71. The van der Waals surface area contributed by atoms with Crippen LogP contribution < -0.4 is 11.1 Å². The van der Waals surface area contributed by atoms with Crippen molar-refractivity contribution in [3.63, 3.8) is 0 Å². The summed E-state index contributed by atoms with van der Waals surface area (Å²) in [7, 11) is 0. The van der Waals surface area contributed by atoms with E-state index in [0.717, 1.165) is 6.42 Å². The van der Waals surface area contributed by atoms with E-state index in [1.54, 1.807) is 0 Å². The van der Waals surface area contributed by atoms with Crippen LogP contribution >= 0.6 is 0 Å². The van der Waals surface area contributed by atoms with Crippen LogP contribution in [0.4, 0.5) is 0 Å². The Labute approximate surface area is 98.0 Å². The van der Waals surface area contributed by atoms with Gasteiger partial charge in [-0.3, -0.25) is 0 Å². The highest BCUT2D eigenvalue weighted by molar-refractivity contribution is 5.35. The largest absolute Gasteiger partial charge is 0.487 e. The fourth-order valence-electron chi connectivity index (χ4n) is 1.60. The smallest absolute Gasteiger partial charge is 0.135 e. The maximum atomic E-state index is 5.74. The third-order valence-electron chi connectivity index (χ3n) is 2.28. The molecule has 1 aliphatic heterocycles. The van der Waals surface area contributed by atoms with E-state index in [-0.39, 0.29) is 5.60 Å². The van der Waals surface area contributed by atoms with E-state index in [1.807, 2.05) is 33.0 Å². The molecule has 0 amide bonds. The van der Waals surface area contributed by atoms with Gasteiger partial charge in [-0.05, 0) is 51.1 Å². The van der Waals surface area contributed by atoms with Crippen molar-refractivity contribution in [3.05, 3.63) is 35.9 Å². The fraction of sp³-hybridized carbons (Fsp3) is 0.538. The van der Waals surface area contributed by atoms with E-state index in [1.165, 1.54) is 11.8 Å². The maximum absolute atomic E-state index is 5.74. The molecule has 1 heterocycles. The van der Waals surface area contributed by atoms with Gasteiger partial charge in [0.05, 0.1) is 6.04 Å². The van der Waals surface area contributed by atoms with Gasteiger partial charge < -0.3 is 15.8 Å². The van der Waals surface area contributed by atoms with Crippen LogP contribution in [0.25, 0.3) is 0 Å². The normalized spacial score (nSPS) is 23.6. The minimum Gasteiger partial charge on any atom is -0.487 e. The summed E-state index contributed by atoms with van der Waals surface area (Å²) in [6.07, 6.45) is 8.58. The van der Waals surface area contributed by atoms with Crippen molar-refractivity contribution < 1.29 is 4.74 Å². The molecule has 1 unspecified atom stereocenters. The van der Waals surface area contributed by atoms with Gasteiger partial charge in [0.25, 0.3) is 0 Å². The molecular formula is C13H22N2O. The molecule has 3 nitrogen and oxygen atoms in total. The molecule has 0 aromatic carbocycles. The predicted octanol–water partition coefficient (Wildman–Crippen LogP) is 2.42. The maximum Gasteiger partial charge on any atom is 0.135 e. The van der Waals surface area contributed by atoms with E-state index < -0.39 is 0 Å². The Balaban J connectivity index is 2.76. The number of nitrogens with two attached hydrogens (primary N) is 1. The van der Waals surface area contributed by atoms with Crippen molar-refractivity contribution >= 4 is 0 Å². The van der Waals surface area contributed by atoms with Crippen molar-refractivity contribution in [3.8, 4) is 0 Å². The molecule has 0 aliphatic carbocycles. The Morgan fingerprint density at radius 3 is 2.75 bits per heavy atom. The SMILES string of the molecule is CCC1NC=C/C1=C/C(=C\N)OC(C)(C)C. The molecule has 0 radical (unpaired) electrons. The number of nitrogens with one attached hydrogen (secondary N) is 1. The molecule has 0 aromatic rings. The number of allylic oxidation sites excluding steroid dienone is 1. The lowest BCUT2D eigenvalue weighted by molar-refractivity contribution is 0.0593. The first kappa shape index (κ1) is 12.7. The minimum atomic E-state index is -0.222. The lowest BCUT2D eigenvalue weighted by atomic mass is 10.1. The van der Waals surface area contributed by atoms with Crippen molar-refractivity contribution in [1.29, 1.82) is 0 Å². The Morgan fingerprint density at radius 2 is 2.25 bits per heavy atom. The molecule has 0 bridgehead atoms. The van der Waals surface area contributed by atoms with E-state index in [9.17, 15) is 0 Å². The van der Waals surface area contributed by atoms with E-state index in [2.05, 4.69) is 18.3 Å². The van der Waals surface area contributed by atoms with Gasteiger partial charge in [-0.15, -0.1) is 0 Å². The van der Waals surface area contributed by atoms with Gasteiger partial charge in [-0.1, -0.05) is 6.92 Å². The van der Waals surface area contributed by atoms with Crippen LogP contribution in [0.5, 0.6) is 0 Å². The zero-order chi connectivity index (χ0) is 12.2. The average molecular weight is 222 g/mol. The summed E-state index contributed by atoms with van der Waals surface area (Å²) in [5, 5.41) is 3.28. The molecule has 1 rings (SSSR count). The Hall–Kier alpha value is -1.38. The molecule has 3 N–H and O–H groups in total. The van der Waals surface area contributed by atoms with Crippen LogP contribution in [0.3, 0.4) is 0 Å². The van der Waals surface area contributed by atoms with Crippen LogP contribution in [0.1, 0.15) is 34.1 Å². The van der Waals surface area contributed by atoms with Crippen LogP contribution in [0.15, 0.2) is 35.9 Å². The summed E-state index contributed by atoms with van der Waals surface area (Å²) in [6.45, 7) is 8.17. The lowest BCUT2D eigenvalue weighted by Crippen LogP contribution is -2.21. The van der Waals surface area contributed by atoms with Crippen LogP contribution in [0.2, 0.25) is 0 Å². The monoisotopic (exact) mass is 222 g/mol. The quantitative estimate of drug-likeness (QED) is 0.721. The van der Waals surface area contributed by atoms with Gasteiger partial charge in [-0.25, -0.2) is 0 Å². The number of ether oxygens (including phenoxy) is 1. The van der Waals surface area contributed by atoms with Crippen molar-refractivity contribution in [2.45, 2.75) is 45.8 Å².